The standard InChI is InChI=1S/C33H27Cl2N5O5/c34-25-5-2-21(15-26(25)35)32(41)37-23-3-8-31(36-17-23)45-24-4-6-27-22(14-24)16-28(38-27)33(42)40-11-9-39(10-12-40)18-20-1-7-29-30(13-20)44-19-43-29/h1-8,13-17,38H,9-12,18-19H2,(H,37,41). The zero-order valence-electron chi connectivity index (χ0n) is 23.9. The van der Waals surface area contributed by atoms with Crippen LogP contribution in [0.5, 0.6) is 23.1 Å². The Labute approximate surface area is 268 Å². The molecule has 2 N–H and O–H groups in total. The number of amides is 2. The number of halogens is 2. The molecule has 0 radical (unpaired) electrons. The number of hydrogen-bond acceptors (Lipinski definition) is 7. The van der Waals surface area contributed by atoms with Gasteiger partial charge in [0.25, 0.3) is 11.8 Å². The SMILES string of the molecule is O=C(Nc1ccc(Oc2ccc3[nH]c(C(=O)N4CCN(Cc5ccc6c(c5)OCO6)CC4)cc3c2)nc1)c1ccc(Cl)c(Cl)c1. The number of ether oxygens (including phenoxy) is 3. The van der Waals surface area contributed by atoms with Crippen LogP contribution in [0.4, 0.5) is 5.69 Å². The van der Waals surface area contributed by atoms with E-state index in [9.17, 15) is 9.59 Å². The fourth-order valence-corrected chi connectivity index (χ4v) is 5.64. The first-order valence-corrected chi connectivity index (χ1v) is 15.1. The maximum absolute atomic E-state index is 13.3. The summed E-state index contributed by atoms with van der Waals surface area (Å²) in [6.45, 7) is 3.90. The zero-order valence-corrected chi connectivity index (χ0v) is 25.4. The number of pyridine rings is 1. The molecule has 12 heteroatoms. The molecule has 45 heavy (non-hydrogen) atoms. The van der Waals surface area contributed by atoms with E-state index in [1.54, 1.807) is 24.3 Å². The lowest BCUT2D eigenvalue weighted by Gasteiger charge is -2.34. The molecule has 0 spiro atoms. The van der Waals surface area contributed by atoms with Crippen molar-refractivity contribution >= 4 is 51.6 Å². The summed E-state index contributed by atoms with van der Waals surface area (Å²) >= 11 is 12.0. The highest BCUT2D eigenvalue weighted by Crippen LogP contribution is 2.33. The Kier molecular flexibility index (Phi) is 7.93. The molecule has 5 aromatic rings. The van der Waals surface area contributed by atoms with Crippen LogP contribution in [-0.4, -0.2) is 64.6 Å². The number of nitrogens with one attached hydrogen (secondary N) is 2. The van der Waals surface area contributed by atoms with Gasteiger partial charge in [0.2, 0.25) is 12.7 Å². The monoisotopic (exact) mass is 643 g/mol. The number of piperazine rings is 1. The van der Waals surface area contributed by atoms with Gasteiger partial charge in [-0.25, -0.2) is 4.98 Å². The average Bonchev–Trinajstić information content (AvgIpc) is 3.70. The summed E-state index contributed by atoms with van der Waals surface area (Å²) in [7, 11) is 0. The lowest BCUT2D eigenvalue weighted by molar-refractivity contribution is 0.0623. The summed E-state index contributed by atoms with van der Waals surface area (Å²) < 4.78 is 16.8. The van der Waals surface area contributed by atoms with Crippen LogP contribution in [0, 0.1) is 0 Å². The fraction of sp³-hybridized carbons (Fsp3) is 0.182. The first-order chi connectivity index (χ1) is 21.9. The van der Waals surface area contributed by atoms with Crippen LogP contribution in [-0.2, 0) is 6.54 Å². The first-order valence-electron chi connectivity index (χ1n) is 14.3. The molecule has 4 heterocycles. The first kappa shape index (κ1) is 29.0. The van der Waals surface area contributed by atoms with E-state index in [2.05, 4.69) is 26.3 Å². The second-order valence-electron chi connectivity index (χ2n) is 10.8. The molecule has 0 atom stereocenters. The van der Waals surface area contributed by atoms with Crippen molar-refractivity contribution in [1.29, 1.82) is 0 Å². The number of anilines is 1. The molecule has 0 bridgehead atoms. The molecule has 10 nitrogen and oxygen atoms in total. The highest BCUT2D eigenvalue weighted by Gasteiger charge is 2.24. The fourth-order valence-electron chi connectivity index (χ4n) is 5.34. The van der Waals surface area contributed by atoms with Gasteiger partial charge in [-0.15, -0.1) is 0 Å². The van der Waals surface area contributed by atoms with Crippen molar-refractivity contribution in [3.63, 3.8) is 0 Å². The second kappa shape index (κ2) is 12.3. The van der Waals surface area contributed by atoms with E-state index in [4.69, 9.17) is 37.4 Å². The Morgan fingerprint density at radius 3 is 2.53 bits per heavy atom. The predicted octanol–water partition coefficient (Wildman–Crippen LogP) is 6.60. The number of carbonyl (C=O) groups excluding carboxylic acids is 2. The second-order valence-corrected chi connectivity index (χ2v) is 11.6. The lowest BCUT2D eigenvalue weighted by Crippen LogP contribution is -2.48. The number of nitrogens with zero attached hydrogens (tertiary/aromatic N) is 3. The molecular weight excluding hydrogens is 617 g/mol. The molecule has 2 aromatic heterocycles. The smallest absolute Gasteiger partial charge is 0.270 e. The van der Waals surface area contributed by atoms with Gasteiger partial charge in [-0.1, -0.05) is 29.3 Å². The third-order valence-electron chi connectivity index (χ3n) is 7.72. The Morgan fingerprint density at radius 2 is 1.73 bits per heavy atom. The van der Waals surface area contributed by atoms with Gasteiger partial charge in [-0.3, -0.25) is 14.5 Å². The van der Waals surface area contributed by atoms with Gasteiger partial charge in [0.15, 0.2) is 11.5 Å². The van der Waals surface area contributed by atoms with Gasteiger partial charge in [0.05, 0.1) is 21.9 Å². The number of fused-ring (bicyclic) bond motifs is 2. The van der Waals surface area contributed by atoms with Gasteiger partial charge in [0.1, 0.15) is 11.4 Å². The van der Waals surface area contributed by atoms with Crippen molar-refractivity contribution < 1.29 is 23.8 Å². The predicted molar refractivity (Wildman–Crippen MR) is 171 cm³/mol. The van der Waals surface area contributed by atoms with Crippen LogP contribution < -0.4 is 19.5 Å². The van der Waals surface area contributed by atoms with Gasteiger partial charge in [0, 0.05) is 55.3 Å². The highest BCUT2D eigenvalue weighted by atomic mass is 35.5. The lowest BCUT2D eigenvalue weighted by atomic mass is 10.1. The van der Waals surface area contributed by atoms with Crippen LogP contribution in [0.2, 0.25) is 10.0 Å². The Balaban J connectivity index is 0.942. The summed E-state index contributed by atoms with van der Waals surface area (Å²) in [5.41, 5.74) is 3.40. The Hall–Kier alpha value is -4.77. The maximum atomic E-state index is 13.3. The maximum Gasteiger partial charge on any atom is 0.270 e. The number of rotatable bonds is 7. The van der Waals surface area contributed by atoms with Gasteiger partial charge in [-0.05, 0) is 66.2 Å². The van der Waals surface area contributed by atoms with E-state index in [0.29, 0.717) is 51.7 Å². The minimum absolute atomic E-state index is 0.0310. The van der Waals surface area contributed by atoms with Crippen molar-refractivity contribution in [2.24, 2.45) is 0 Å². The van der Waals surface area contributed by atoms with E-state index < -0.39 is 0 Å². The molecule has 0 saturated carbocycles. The Bertz CT molecular complexity index is 1900. The van der Waals surface area contributed by atoms with Crippen LogP contribution in [0.3, 0.4) is 0 Å². The summed E-state index contributed by atoms with van der Waals surface area (Å²) in [4.78, 5) is 37.6. The average molecular weight is 645 g/mol. The van der Waals surface area contributed by atoms with E-state index in [-0.39, 0.29) is 18.6 Å². The quantitative estimate of drug-likeness (QED) is 0.206. The summed E-state index contributed by atoms with van der Waals surface area (Å²) in [6.07, 6.45) is 1.51. The summed E-state index contributed by atoms with van der Waals surface area (Å²) in [5.74, 6) is 2.11. The highest BCUT2D eigenvalue weighted by molar-refractivity contribution is 6.42. The number of H-pyrrole nitrogens is 1. The van der Waals surface area contributed by atoms with Gasteiger partial charge in [-0.2, -0.15) is 0 Å². The van der Waals surface area contributed by atoms with Crippen molar-refractivity contribution in [3.05, 3.63) is 106 Å². The van der Waals surface area contributed by atoms with E-state index in [1.165, 1.54) is 12.3 Å². The number of aromatic amines is 1. The molecule has 3 aromatic carbocycles. The number of benzene rings is 3. The van der Waals surface area contributed by atoms with Crippen molar-refractivity contribution in [1.82, 2.24) is 19.8 Å². The molecule has 2 aliphatic heterocycles. The molecule has 1 fully saturated rings. The molecule has 0 aliphatic carbocycles. The number of hydrogen-bond donors (Lipinski definition) is 2. The van der Waals surface area contributed by atoms with Crippen LogP contribution in [0.15, 0.2) is 79.0 Å². The van der Waals surface area contributed by atoms with Crippen molar-refractivity contribution in [2.75, 3.05) is 38.3 Å². The van der Waals surface area contributed by atoms with Gasteiger partial charge < -0.3 is 29.4 Å². The van der Waals surface area contributed by atoms with Crippen LogP contribution in [0.1, 0.15) is 26.4 Å². The zero-order chi connectivity index (χ0) is 30.9. The molecule has 7 rings (SSSR count). The Morgan fingerprint density at radius 1 is 0.889 bits per heavy atom. The largest absolute Gasteiger partial charge is 0.454 e. The minimum Gasteiger partial charge on any atom is -0.454 e. The van der Waals surface area contributed by atoms with Gasteiger partial charge >= 0.3 is 0 Å². The van der Waals surface area contributed by atoms with Crippen LogP contribution in [0.25, 0.3) is 10.9 Å². The third kappa shape index (κ3) is 6.39. The van der Waals surface area contributed by atoms with E-state index >= 15 is 0 Å². The topological polar surface area (TPSA) is 109 Å². The molecule has 2 aliphatic rings. The molecule has 0 unspecified atom stereocenters. The summed E-state index contributed by atoms with van der Waals surface area (Å²) in [5, 5.41) is 4.30. The van der Waals surface area contributed by atoms with Crippen molar-refractivity contribution in [3.8, 4) is 23.1 Å². The molecule has 1 saturated heterocycles. The summed E-state index contributed by atoms with van der Waals surface area (Å²) in [6, 6.07) is 21.4. The van der Waals surface area contributed by atoms with Crippen LogP contribution >= 0.6 is 23.2 Å². The van der Waals surface area contributed by atoms with Crippen molar-refractivity contribution in [2.45, 2.75) is 6.54 Å². The minimum atomic E-state index is -0.338. The molecule has 2 amide bonds. The normalized spacial score (nSPS) is 14.5. The molecule has 228 valence electrons. The number of carbonyl (C=O) groups is 2. The third-order valence-corrected chi connectivity index (χ3v) is 8.46. The van der Waals surface area contributed by atoms with E-state index in [0.717, 1.165) is 47.6 Å². The number of aromatic nitrogens is 2. The molecular formula is C33H27Cl2N5O5. The van der Waals surface area contributed by atoms with E-state index in [1.807, 2.05) is 41.3 Å².